The van der Waals surface area contributed by atoms with Gasteiger partial charge in [-0.3, -0.25) is 0 Å². The van der Waals surface area contributed by atoms with Crippen molar-refractivity contribution < 1.29 is 5.11 Å². The number of nitrogens with zero attached hydrogens (tertiary/aromatic N) is 3. The normalized spacial score (nSPS) is 12.0. The van der Waals surface area contributed by atoms with Crippen LogP contribution in [0.3, 0.4) is 0 Å². The molecule has 0 saturated heterocycles. The molecule has 0 spiro atoms. The lowest BCUT2D eigenvalue weighted by Gasteiger charge is -2.30. The van der Waals surface area contributed by atoms with Gasteiger partial charge in [0.05, 0.1) is 0 Å². The van der Waals surface area contributed by atoms with Crippen LogP contribution in [0, 0.1) is 5.41 Å². The summed E-state index contributed by atoms with van der Waals surface area (Å²) < 4.78 is 0. The van der Waals surface area contributed by atoms with Crippen molar-refractivity contribution >= 4 is 11.0 Å². The van der Waals surface area contributed by atoms with E-state index in [-0.39, 0.29) is 5.75 Å². The monoisotopic (exact) mass is 323 g/mol. The van der Waals surface area contributed by atoms with Crippen molar-refractivity contribution in [2.24, 2.45) is 5.41 Å². The van der Waals surface area contributed by atoms with E-state index in [2.05, 4.69) is 31.0 Å². The molecule has 0 fully saturated rings. The summed E-state index contributed by atoms with van der Waals surface area (Å²) in [6.45, 7) is 6.78. The molecule has 126 valence electrons. The molecule has 0 radical (unpaired) electrons. The summed E-state index contributed by atoms with van der Waals surface area (Å²) in [4.78, 5) is 1.54. The number of aromatic hydroxyl groups is 1. The zero-order valence-corrected chi connectivity index (χ0v) is 14.7. The highest BCUT2D eigenvalue weighted by Crippen LogP contribution is 2.35. The van der Waals surface area contributed by atoms with Crippen molar-refractivity contribution in [2.45, 2.75) is 46.5 Å². The van der Waals surface area contributed by atoms with Crippen LogP contribution in [0.25, 0.3) is 16.7 Å². The van der Waals surface area contributed by atoms with Gasteiger partial charge in [0.15, 0.2) is 0 Å². The lowest BCUT2D eigenvalue weighted by atomic mass is 9.75. The van der Waals surface area contributed by atoms with Gasteiger partial charge in [0.1, 0.15) is 22.5 Å². The molecule has 0 bridgehead atoms. The van der Waals surface area contributed by atoms with Gasteiger partial charge >= 0.3 is 0 Å². The van der Waals surface area contributed by atoms with Crippen molar-refractivity contribution in [3.63, 3.8) is 0 Å². The lowest BCUT2D eigenvalue weighted by molar-refractivity contribution is 0.248. The molecule has 3 aromatic rings. The molecule has 1 heterocycles. The van der Waals surface area contributed by atoms with E-state index in [1.165, 1.54) is 10.4 Å². The van der Waals surface area contributed by atoms with E-state index in [4.69, 9.17) is 0 Å². The van der Waals surface area contributed by atoms with E-state index in [0.29, 0.717) is 11.1 Å². The van der Waals surface area contributed by atoms with E-state index in [1.54, 1.807) is 6.07 Å². The molecule has 24 heavy (non-hydrogen) atoms. The highest BCUT2D eigenvalue weighted by Gasteiger charge is 2.24. The second-order valence-electron chi connectivity index (χ2n) is 6.54. The van der Waals surface area contributed by atoms with Gasteiger partial charge in [0.2, 0.25) is 0 Å². The summed E-state index contributed by atoms with van der Waals surface area (Å²) in [6, 6.07) is 13.5. The first kappa shape index (κ1) is 16.5. The van der Waals surface area contributed by atoms with Crippen molar-refractivity contribution in [1.82, 2.24) is 15.0 Å². The highest BCUT2D eigenvalue weighted by molar-refractivity contribution is 5.73. The molecule has 0 aliphatic rings. The Kier molecular flexibility index (Phi) is 4.56. The maximum atomic E-state index is 10.3. The Morgan fingerprint density at radius 3 is 2.04 bits per heavy atom. The highest BCUT2D eigenvalue weighted by atomic mass is 16.3. The maximum absolute atomic E-state index is 10.3. The van der Waals surface area contributed by atoms with Crippen molar-refractivity contribution in [1.29, 1.82) is 0 Å². The van der Waals surface area contributed by atoms with Gasteiger partial charge in [-0.2, -0.15) is 0 Å². The second kappa shape index (κ2) is 6.63. The third-order valence-electron chi connectivity index (χ3n) is 5.37. The summed E-state index contributed by atoms with van der Waals surface area (Å²) in [7, 11) is 0. The largest absolute Gasteiger partial charge is 0.506 e. The predicted molar refractivity (Wildman–Crippen MR) is 97.5 cm³/mol. The van der Waals surface area contributed by atoms with E-state index in [0.717, 1.165) is 36.7 Å². The number of hydrogen-bond donors (Lipinski definition) is 1. The van der Waals surface area contributed by atoms with Crippen LogP contribution in [-0.4, -0.2) is 20.1 Å². The van der Waals surface area contributed by atoms with Crippen LogP contribution in [0.1, 0.15) is 45.6 Å². The third kappa shape index (κ3) is 3.01. The molecule has 0 saturated carbocycles. The molecule has 4 heteroatoms. The van der Waals surface area contributed by atoms with Crippen LogP contribution in [-0.2, 0) is 6.42 Å². The molecule has 0 aliphatic heterocycles. The topological polar surface area (TPSA) is 50.9 Å². The first-order valence-electron chi connectivity index (χ1n) is 8.75. The van der Waals surface area contributed by atoms with E-state index in [9.17, 15) is 5.11 Å². The predicted octanol–water partition coefficient (Wildman–Crippen LogP) is 4.89. The third-order valence-corrected chi connectivity index (χ3v) is 5.37. The molecule has 1 N–H and O–H groups in total. The van der Waals surface area contributed by atoms with E-state index < -0.39 is 0 Å². The molecular weight excluding hydrogens is 298 g/mol. The van der Waals surface area contributed by atoms with Crippen molar-refractivity contribution in [3.05, 3.63) is 48.0 Å². The smallest absolute Gasteiger partial charge is 0.143 e. The van der Waals surface area contributed by atoms with Gasteiger partial charge < -0.3 is 5.11 Å². The van der Waals surface area contributed by atoms with Crippen LogP contribution < -0.4 is 0 Å². The lowest BCUT2D eigenvalue weighted by Crippen LogP contribution is -2.21. The molecule has 3 rings (SSSR count). The molecule has 1 aromatic heterocycles. The number of aromatic nitrogens is 3. The first-order valence-corrected chi connectivity index (χ1v) is 8.75. The minimum absolute atomic E-state index is 0.203. The van der Waals surface area contributed by atoms with Gasteiger partial charge in [-0.1, -0.05) is 58.2 Å². The van der Waals surface area contributed by atoms with Gasteiger partial charge in [-0.15, -0.1) is 15.0 Å². The maximum Gasteiger partial charge on any atom is 0.143 e. The van der Waals surface area contributed by atoms with Gasteiger partial charge in [0, 0.05) is 0 Å². The fourth-order valence-corrected chi connectivity index (χ4v) is 3.36. The number of benzene rings is 2. The summed E-state index contributed by atoms with van der Waals surface area (Å²) in [5.74, 6) is 0.203. The average Bonchev–Trinajstić information content (AvgIpc) is 3.05. The molecule has 0 amide bonds. The van der Waals surface area contributed by atoms with Crippen LogP contribution >= 0.6 is 0 Å². The van der Waals surface area contributed by atoms with Gasteiger partial charge in [-0.25, -0.2) is 0 Å². The van der Waals surface area contributed by atoms with E-state index >= 15 is 0 Å². The standard InChI is InChI=1S/C20H25N3O/c1-4-20(5-2,6-3)14-15-11-12-19(24)18(13-15)23-21-16-9-7-8-10-17(16)22-23/h7-13,24H,4-6,14H2,1-3H3. The molecule has 2 aromatic carbocycles. The second-order valence-corrected chi connectivity index (χ2v) is 6.54. The van der Waals surface area contributed by atoms with E-state index in [1.807, 2.05) is 36.4 Å². The van der Waals surface area contributed by atoms with Crippen LogP contribution in [0.15, 0.2) is 42.5 Å². The molecular formula is C20H25N3O. The Balaban J connectivity index is 2.00. The van der Waals surface area contributed by atoms with Crippen molar-refractivity contribution in [3.8, 4) is 11.4 Å². The SMILES string of the molecule is CCC(CC)(CC)Cc1ccc(O)c(-n2nc3ccccc3n2)c1. The molecule has 0 aliphatic carbocycles. The Morgan fingerprint density at radius 2 is 1.50 bits per heavy atom. The van der Waals surface area contributed by atoms with Crippen molar-refractivity contribution in [2.75, 3.05) is 0 Å². The number of phenols is 1. The number of hydrogen-bond acceptors (Lipinski definition) is 3. The zero-order chi connectivity index (χ0) is 17.2. The Labute approximate surface area is 143 Å². The fraction of sp³-hybridized carbons (Fsp3) is 0.400. The summed E-state index contributed by atoms with van der Waals surface area (Å²) in [5, 5.41) is 19.3. The number of fused-ring (bicyclic) bond motifs is 1. The van der Waals surface area contributed by atoms with Crippen LogP contribution in [0.5, 0.6) is 5.75 Å². The van der Waals surface area contributed by atoms with Gasteiger partial charge in [-0.05, 0) is 41.7 Å². The molecule has 0 atom stereocenters. The quantitative estimate of drug-likeness (QED) is 0.703. The summed E-state index contributed by atoms with van der Waals surface area (Å²) in [5.41, 5.74) is 3.83. The Bertz CT molecular complexity index is 793. The Hall–Kier alpha value is -2.36. The molecule has 4 nitrogen and oxygen atoms in total. The first-order chi connectivity index (χ1) is 11.6. The van der Waals surface area contributed by atoms with Crippen LogP contribution in [0.2, 0.25) is 0 Å². The average molecular weight is 323 g/mol. The van der Waals surface area contributed by atoms with Gasteiger partial charge in [0.25, 0.3) is 0 Å². The minimum Gasteiger partial charge on any atom is -0.506 e. The Morgan fingerprint density at radius 1 is 0.917 bits per heavy atom. The zero-order valence-electron chi connectivity index (χ0n) is 14.7. The molecule has 0 unspecified atom stereocenters. The van der Waals surface area contributed by atoms with Crippen LogP contribution in [0.4, 0.5) is 0 Å². The minimum atomic E-state index is 0.203. The number of rotatable bonds is 6. The summed E-state index contributed by atoms with van der Waals surface area (Å²) >= 11 is 0. The summed E-state index contributed by atoms with van der Waals surface area (Å²) in [6.07, 6.45) is 4.46. The fourth-order valence-electron chi connectivity index (χ4n) is 3.36. The number of phenolic OH excluding ortho intramolecular Hbond substituents is 1.